The normalized spacial score (nSPS) is 12.8. The van der Waals surface area contributed by atoms with Crippen molar-refractivity contribution in [3.8, 4) is 80.1 Å². The van der Waals surface area contributed by atoms with E-state index < -0.39 is 0 Å². The molecule has 0 saturated heterocycles. The Labute approximate surface area is 480 Å². The lowest BCUT2D eigenvalue weighted by molar-refractivity contribution is 0.570. The second-order valence-electron chi connectivity index (χ2n) is 28.2. The van der Waals surface area contributed by atoms with Crippen LogP contribution in [0.1, 0.15) is 164 Å². The van der Waals surface area contributed by atoms with Crippen molar-refractivity contribution in [3.63, 3.8) is 0 Å². The number of fused-ring (bicyclic) bond motifs is 3. The largest absolute Gasteiger partial charge is 0.308 e. The number of rotatable bonds is 7. The first-order valence-corrected chi connectivity index (χ1v) is 28.5. The van der Waals surface area contributed by atoms with Crippen molar-refractivity contribution in [2.45, 2.75) is 157 Å². The van der Waals surface area contributed by atoms with Gasteiger partial charge in [-0.15, -0.1) is 0 Å². The summed E-state index contributed by atoms with van der Waals surface area (Å²) in [6.45, 7) is 40.5. The number of aromatic nitrogens is 7. The Morgan fingerprint density at radius 2 is 0.728 bits per heavy atom. The summed E-state index contributed by atoms with van der Waals surface area (Å²) in [5.74, 6) is 3.48. The van der Waals surface area contributed by atoms with Crippen molar-refractivity contribution >= 4 is 21.8 Å². The van der Waals surface area contributed by atoms with E-state index in [2.05, 4.69) is 263 Å². The molecule has 3 heterocycles. The Hall–Kier alpha value is -8.15. The standard InChI is InChI=1S/C73H78N8/c1-68(2,3)48-27-21-25-45(40-48)62-75-63(46-26-22-28-49(41-46)69(4,5)6)77-65(76-62)52-39-44(43-74)35-37-59(52)81-57-34-20-19-29-50(57)51-42-47(36-38-58(51)81)64-78-66(60-53(70(7,8)9)30-23-31-54(60)71(10,11)12)80-67(79-64)61-55(72(13,14)15)32-24-33-56(61)73(16,17)18/h19-42H,1-18H3. The van der Waals surface area contributed by atoms with Crippen LogP contribution in [0.25, 0.3) is 95.8 Å². The summed E-state index contributed by atoms with van der Waals surface area (Å²) in [6.07, 6.45) is 0. The van der Waals surface area contributed by atoms with Crippen LogP contribution in [0.4, 0.5) is 0 Å². The number of nitrogens with zero attached hydrogens (tertiary/aromatic N) is 8. The third kappa shape index (κ3) is 11.0. The lowest BCUT2D eigenvalue weighted by Gasteiger charge is -2.31. The molecule has 0 bridgehead atoms. The molecule has 8 nitrogen and oxygen atoms in total. The second-order valence-corrected chi connectivity index (χ2v) is 28.2. The van der Waals surface area contributed by atoms with Gasteiger partial charge in [-0.05, 0) is 120 Å². The highest BCUT2D eigenvalue weighted by molar-refractivity contribution is 6.11. The summed E-state index contributed by atoms with van der Waals surface area (Å²) in [5.41, 5.74) is 14.7. The molecule has 0 aliphatic rings. The summed E-state index contributed by atoms with van der Waals surface area (Å²) in [7, 11) is 0. The SMILES string of the molecule is CC(C)(C)c1cccc(-c2nc(-c3cccc(C(C)(C)C)c3)nc(-c3cc(C#N)ccc3-n3c4ccccc4c4cc(-c5nc(-c6c(C(C)(C)C)cccc6C(C)(C)C)nc(-c6c(C(C)(C)C)cccc6C(C)(C)C)n5)ccc43)n2)c1. The van der Waals surface area contributed by atoms with Crippen LogP contribution in [0.2, 0.25) is 0 Å². The predicted molar refractivity (Wildman–Crippen MR) is 337 cm³/mol. The van der Waals surface area contributed by atoms with Crippen LogP contribution in [-0.4, -0.2) is 34.5 Å². The molecule has 7 aromatic carbocycles. The van der Waals surface area contributed by atoms with Gasteiger partial charge >= 0.3 is 0 Å². The minimum absolute atomic E-state index is 0.102. The van der Waals surface area contributed by atoms with Crippen molar-refractivity contribution in [1.29, 1.82) is 5.26 Å². The molecule has 0 saturated carbocycles. The van der Waals surface area contributed by atoms with Gasteiger partial charge in [0.05, 0.1) is 28.4 Å². The van der Waals surface area contributed by atoms with Gasteiger partial charge < -0.3 is 4.57 Å². The molecule has 0 unspecified atom stereocenters. The average Bonchev–Trinajstić information content (AvgIpc) is 3.89. The Bertz CT molecular complexity index is 3890. The zero-order valence-corrected chi connectivity index (χ0v) is 50.9. The fourth-order valence-electron chi connectivity index (χ4n) is 11.2. The van der Waals surface area contributed by atoms with E-state index in [1.54, 1.807) is 0 Å². The van der Waals surface area contributed by atoms with Gasteiger partial charge in [0, 0.05) is 44.2 Å². The van der Waals surface area contributed by atoms with Crippen LogP contribution in [0.3, 0.4) is 0 Å². The smallest absolute Gasteiger partial charge is 0.166 e. The molecule has 0 amide bonds. The summed E-state index contributed by atoms with van der Waals surface area (Å²) >= 11 is 0. The minimum atomic E-state index is -0.215. The maximum Gasteiger partial charge on any atom is 0.166 e. The number of hydrogen-bond acceptors (Lipinski definition) is 7. The molecular weight excluding hydrogens is 989 g/mol. The second kappa shape index (κ2) is 20.1. The lowest BCUT2D eigenvalue weighted by atomic mass is 9.75. The first-order chi connectivity index (χ1) is 37.9. The molecule has 81 heavy (non-hydrogen) atoms. The van der Waals surface area contributed by atoms with Crippen LogP contribution >= 0.6 is 0 Å². The molecule has 8 heteroatoms. The van der Waals surface area contributed by atoms with Gasteiger partial charge in [-0.25, -0.2) is 29.9 Å². The van der Waals surface area contributed by atoms with Crippen molar-refractivity contribution in [3.05, 3.63) is 185 Å². The number of benzene rings is 7. The van der Waals surface area contributed by atoms with E-state index in [9.17, 15) is 5.26 Å². The van der Waals surface area contributed by atoms with Gasteiger partial charge in [0.2, 0.25) is 0 Å². The molecule has 0 radical (unpaired) electrons. The van der Waals surface area contributed by atoms with E-state index in [4.69, 9.17) is 29.9 Å². The van der Waals surface area contributed by atoms with E-state index in [-0.39, 0.29) is 32.5 Å². The van der Waals surface area contributed by atoms with Gasteiger partial charge in [-0.1, -0.05) is 216 Å². The molecular formula is C73H78N8. The molecule has 0 spiro atoms. The Balaban J connectivity index is 1.25. The average molecular weight is 1070 g/mol. The van der Waals surface area contributed by atoms with Crippen LogP contribution in [0, 0.1) is 11.3 Å². The van der Waals surface area contributed by atoms with E-state index >= 15 is 0 Å². The molecule has 0 atom stereocenters. The lowest BCUT2D eigenvalue weighted by Crippen LogP contribution is -2.21. The van der Waals surface area contributed by atoms with Gasteiger partial charge in [-0.2, -0.15) is 5.26 Å². The topological polar surface area (TPSA) is 106 Å². The van der Waals surface area contributed by atoms with Crippen LogP contribution in [0.5, 0.6) is 0 Å². The first kappa shape index (κ1) is 56.1. The Morgan fingerprint density at radius 1 is 0.333 bits per heavy atom. The third-order valence-corrected chi connectivity index (χ3v) is 15.6. The molecule has 0 N–H and O–H groups in total. The Morgan fingerprint density at radius 3 is 1.17 bits per heavy atom. The van der Waals surface area contributed by atoms with Crippen LogP contribution in [0.15, 0.2) is 146 Å². The molecule has 0 aliphatic heterocycles. The predicted octanol–water partition coefficient (Wildman–Crippen LogP) is 18.8. The monoisotopic (exact) mass is 1070 g/mol. The fourth-order valence-corrected chi connectivity index (χ4v) is 11.2. The van der Waals surface area contributed by atoms with Crippen molar-refractivity contribution in [2.24, 2.45) is 0 Å². The fraction of sp³-hybridized carbons (Fsp3) is 0.329. The van der Waals surface area contributed by atoms with Crippen molar-refractivity contribution < 1.29 is 0 Å². The van der Waals surface area contributed by atoms with Crippen LogP contribution < -0.4 is 0 Å². The van der Waals surface area contributed by atoms with Crippen LogP contribution in [-0.2, 0) is 32.5 Å². The summed E-state index contributed by atoms with van der Waals surface area (Å²) < 4.78 is 2.28. The molecule has 0 fully saturated rings. The minimum Gasteiger partial charge on any atom is -0.308 e. The van der Waals surface area contributed by atoms with Crippen molar-refractivity contribution in [2.75, 3.05) is 0 Å². The molecule has 10 rings (SSSR count). The van der Waals surface area contributed by atoms with Gasteiger partial charge in [0.1, 0.15) is 0 Å². The molecule has 0 aliphatic carbocycles. The quantitative estimate of drug-likeness (QED) is 0.156. The summed E-state index contributed by atoms with van der Waals surface area (Å²) in [5, 5.41) is 12.6. The Kier molecular flexibility index (Phi) is 14.0. The van der Waals surface area contributed by atoms with Gasteiger partial charge in [0.25, 0.3) is 0 Å². The van der Waals surface area contributed by atoms with E-state index in [1.165, 1.54) is 33.4 Å². The highest BCUT2D eigenvalue weighted by Gasteiger charge is 2.33. The number of nitriles is 1. The summed E-state index contributed by atoms with van der Waals surface area (Å²) in [6, 6.07) is 53.6. The number of para-hydroxylation sites is 1. The molecule has 410 valence electrons. The van der Waals surface area contributed by atoms with E-state index in [0.29, 0.717) is 46.1 Å². The third-order valence-electron chi connectivity index (χ3n) is 15.6. The maximum atomic E-state index is 10.6. The zero-order valence-electron chi connectivity index (χ0n) is 50.9. The maximum absolute atomic E-state index is 10.6. The summed E-state index contributed by atoms with van der Waals surface area (Å²) in [4.78, 5) is 32.7. The zero-order chi connectivity index (χ0) is 58.4. The first-order valence-electron chi connectivity index (χ1n) is 28.5. The van der Waals surface area contributed by atoms with Gasteiger partial charge in [0.15, 0.2) is 34.9 Å². The number of hydrogen-bond donors (Lipinski definition) is 0. The van der Waals surface area contributed by atoms with E-state index in [0.717, 1.165) is 55.3 Å². The highest BCUT2D eigenvalue weighted by Crippen LogP contribution is 2.45. The van der Waals surface area contributed by atoms with E-state index in [1.807, 2.05) is 18.2 Å². The molecule has 10 aromatic rings. The van der Waals surface area contributed by atoms with Gasteiger partial charge in [-0.3, -0.25) is 0 Å². The molecule has 3 aromatic heterocycles. The van der Waals surface area contributed by atoms with Crippen molar-refractivity contribution in [1.82, 2.24) is 34.5 Å². The highest BCUT2D eigenvalue weighted by atomic mass is 15.1.